The topological polar surface area (TPSA) is 139 Å². The summed E-state index contributed by atoms with van der Waals surface area (Å²) in [6.07, 6.45) is 0.534. The summed E-state index contributed by atoms with van der Waals surface area (Å²) in [7, 11) is -16.1. The Morgan fingerprint density at radius 2 is 1.21 bits per heavy atom. The second kappa shape index (κ2) is 17.1. The smallest absolute Gasteiger partial charge is 0.317 e. The van der Waals surface area contributed by atoms with Gasteiger partial charge in [-0.05, 0) is 104 Å². The van der Waals surface area contributed by atoms with Crippen LogP contribution in [0.3, 0.4) is 0 Å². The third-order valence-corrected chi connectivity index (χ3v) is 24.2. The Hall–Kier alpha value is 0.674. The van der Waals surface area contributed by atoms with Gasteiger partial charge in [0.05, 0.1) is 12.7 Å². The van der Waals surface area contributed by atoms with E-state index in [1.807, 2.05) is 0 Å². The second-order valence-electron chi connectivity index (χ2n) is 12.4. The van der Waals surface area contributed by atoms with Gasteiger partial charge >= 0.3 is 25.7 Å². The molecule has 0 amide bonds. The van der Waals surface area contributed by atoms with E-state index in [9.17, 15) is 13.5 Å². The van der Waals surface area contributed by atoms with Crippen LogP contribution in [0.15, 0.2) is 0 Å². The van der Waals surface area contributed by atoms with Gasteiger partial charge in [0.25, 0.3) is 10.1 Å². The molecule has 0 aromatic heterocycles. The molecule has 2 N–H and O–H groups in total. The first-order valence-corrected chi connectivity index (χ1v) is 29.7. The summed E-state index contributed by atoms with van der Waals surface area (Å²) in [5.41, 5.74) is 0. The van der Waals surface area contributed by atoms with Gasteiger partial charge in [0.1, 0.15) is 5.75 Å². The van der Waals surface area contributed by atoms with Gasteiger partial charge in [0.2, 0.25) is 0 Å². The highest BCUT2D eigenvalue weighted by molar-refractivity contribution is 7.86. The molecule has 0 fully saturated rings. The number of hydrogen-bond donors (Lipinski definition) is 2. The molecule has 234 valence electrons. The standard InChI is InChI=1S/C22H54O11SSi5/c1-12-15-27-16-13-18-38(10,31-36(5,6)7)33-39(11,32-37(8,9)30-35(2,3)4)19-14-17-28-20-22(23)21-34(25,26)29-24/h1,22-24H,12-21H2,2-11H3. The lowest BCUT2D eigenvalue weighted by Gasteiger charge is -2.44. The lowest BCUT2D eigenvalue weighted by molar-refractivity contribution is -0.131. The Morgan fingerprint density at radius 3 is 1.67 bits per heavy atom. The normalized spacial score (nSPS) is 17.6. The van der Waals surface area contributed by atoms with Crippen molar-refractivity contribution in [3.63, 3.8) is 0 Å². The highest BCUT2D eigenvalue weighted by atomic mass is 32.2. The van der Waals surface area contributed by atoms with Gasteiger partial charge in [-0.2, -0.15) is 8.42 Å². The molecule has 0 aromatic rings. The van der Waals surface area contributed by atoms with E-state index in [1.165, 1.54) is 0 Å². The van der Waals surface area contributed by atoms with E-state index in [2.05, 4.69) is 69.8 Å². The molecule has 0 saturated carbocycles. The highest BCUT2D eigenvalue weighted by Gasteiger charge is 2.48. The molecule has 0 rings (SSSR count). The monoisotopic (exact) mass is 666 g/mol. The van der Waals surface area contributed by atoms with Crippen molar-refractivity contribution >= 4 is 52.4 Å². The van der Waals surface area contributed by atoms with Crippen molar-refractivity contribution in [3.8, 4) is 0 Å². The first-order chi connectivity index (χ1) is 17.6. The summed E-state index contributed by atoms with van der Waals surface area (Å²) in [5.74, 6) is -0.761. The molecule has 0 saturated heterocycles. The number of aliphatic hydroxyl groups excluding tert-OH is 1. The van der Waals surface area contributed by atoms with E-state index < -0.39 is 64.3 Å². The van der Waals surface area contributed by atoms with Crippen molar-refractivity contribution in [1.29, 1.82) is 0 Å². The molecule has 17 heteroatoms. The second-order valence-corrected chi connectivity index (χ2v) is 34.1. The van der Waals surface area contributed by atoms with Crippen LogP contribution in [0.25, 0.3) is 0 Å². The summed E-state index contributed by atoms with van der Waals surface area (Å²) in [6, 6.07) is 1.36. The van der Waals surface area contributed by atoms with Gasteiger partial charge < -0.3 is 31.0 Å². The van der Waals surface area contributed by atoms with Crippen molar-refractivity contribution in [1.82, 2.24) is 0 Å². The average Bonchev–Trinajstić information content (AvgIpc) is 2.69. The summed E-state index contributed by atoms with van der Waals surface area (Å²) in [5, 5.41) is 18.2. The maximum absolute atomic E-state index is 11.3. The van der Waals surface area contributed by atoms with Crippen molar-refractivity contribution in [2.45, 2.75) is 103 Å². The van der Waals surface area contributed by atoms with Crippen molar-refractivity contribution in [3.05, 3.63) is 6.92 Å². The summed E-state index contributed by atoms with van der Waals surface area (Å²) in [4.78, 5) is 0. The van der Waals surface area contributed by atoms with Gasteiger partial charge in [0, 0.05) is 19.8 Å². The molecule has 2 radical (unpaired) electrons. The van der Waals surface area contributed by atoms with Gasteiger partial charge in [0.15, 0.2) is 16.6 Å². The predicted octanol–water partition coefficient (Wildman–Crippen LogP) is 4.66. The number of aliphatic hydroxyl groups is 1. The zero-order valence-corrected chi connectivity index (χ0v) is 31.5. The molecule has 11 nitrogen and oxygen atoms in total. The van der Waals surface area contributed by atoms with Crippen molar-refractivity contribution in [2.24, 2.45) is 0 Å². The highest BCUT2D eigenvalue weighted by Crippen LogP contribution is 2.31. The van der Waals surface area contributed by atoms with Gasteiger partial charge in [-0.3, -0.25) is 0 Å². The Bertz CT molecular complexity index is 792. The largest absolute Gasteiger partial charge is 0.437 e. The molecule has 39 heavy (non-hydrogen) atoms. The van der Waals surface area contributed by atoms with E-state index in [0.717, 1.165) is 12.5 Å². The molecule has 0 bridgehead atoms. The molecule has 0 aromatic carbocycles. The Kier molecular flexibility index (Phi) is 17.4. The lowest BCUT2D eigenvalue weighted by atomic mass is 10.4. The predicted molar refractivity (Wildman–Crippen MR) is 165 cm³/mol. The van der Waals surface area contributed by atoms with E-state index in [-0.39, 0.29) is 13.2 Å². The molecule has 0 aliphatic rings. The fourth-order valence-corrected chi connectivity index (χ4v) is 28.7. The number of hydrogen-bond acceptors (Lipinski definition) is 11. The van der Waals surface area contributed by atoms with Gasteiger partial charge in [-0.25, -0.2) is 5.26 Å². The van der Waals surface area contributed by atoms with Crippen LogP contribution in [-0.2, 0) is 40.4 Å². The summed E-state index contributed by atoms with van der Waals surface area (Å²) in [6.45, 7) is 27.8. The average molecular weight is 667 g/mol. The molecular weight excluding hydrogens is 613 g/mol. The van der Waals surface area contributed by atoms with Gasteiger partial charge in [-0.15, -0.1) is 4.33 Å². The van der Waals surface area contributed by atoms with E-state index in [1.54, 1.807) is 0 Å². The van der Waals surface area contributed by atoms with Crippen LogP contribution in [0.4, 0.5) is 0 Å². The minimum absolute atomic E-state index is 0.213. The Morgan fingerprint density at radius 1 is 0.718 bits per heavy atom. The molecule has 3 unspecified atom stereocenters. The zero-order valence-electron chi connectivity index (χ0n) is 25.7. The van der Waals surface area contributed by atoms with Gasteiger partial charge in [-0.1, -0.05) is 0 Å². The molecule has 0 aliphatic carbocycles. The maximum atomic E-state index is 11.3. The third-order valence-electron chi connectivity index (χ3n) is 4.89. The van der Waals surface area contributed by atoms with E-state index >= 15 is 0 Å². The van der Waals surface area contributed by atoms with E-state index in [0.29, 0.717) is 32.1 Å². The Balaban J connectivity index is 5.59. The first-order valence-electron chi connectivity index (χ1n) is 13.4. The minimum atomic E-state index is -4.20. The van der Waals surface area contributed by atoms with Crippen LogP contribution in [-0.4, -0.2) is 99.4 Å². The molecule has 0 aliphatic heterocycles. The van der Waals surface area contributed by atoms with Crippen LogP contribution in [0.5, 0.6) is 0 Å². The third kappa shape index (κ3) is 21.1. The van der Waals surface area contributed by atoms with Crippen LogP contribution >= 0.6 is 0 Å². The van der Waals surface area contributed by atoms with Crippen molar-refractivity contribution < 1.29 is 49.0 Å². The quantitative estimate of drug-likeness (QED) is 0.0681. The van der Waals surface area contributed by atoms with Crippen LogP contribution in [0.2, 0.25) is 77.6 Å². The van der Waals surface area contributed by atoms with Crippen LogP contribution < -0.4 is 0 Å². The lowest BCUT2D eigenvalue weighted by Crippen LogP contribution is -2.60. The molecule has 0 spiro atoms. The molecular formula is C22H54O11SSi5. The minimum Gasteiger partial charge on any atom is -0.437 e. The molecule has 0 heterocycles. The SMILES string of the molecule is [CH]CCOCCC[Si](C)(O[Si](C)(C)C)O[Si](C)(CCCOCC(O)CS(=O)(=O)OO)O[Si](C)(C)O[Si](C)(C)C. The Labute approximate surface area is 242 Å². The summed E-state index contributed by atoms with van der Waals surface area (Å²) >= 11 is 0. The number of rotatable bonds is 23. The van der Waals surface area contributed by atoms with Crippen molar-refractivity contribution in [2.75, 3.05) is 32.2 Å². The fourth-order valence-electron chi connectivity index (χ4n) is 4.34. The number of ether oxygens (including phenoxy) is 2. The maximum Gasteiger partial charge on any atom is 0.317 e. The first kappa shape index (κ1) is 39.7. The van der Waals surface area contributed by atoms with Crippen LogP contribution in [0.1, 0.15) is 19.3 Å². The van der Waals surface area contributed by atoms with Crippen LogP contribution in [0, 0.1) is 6.92 Å². The molecule has 3 atom stereocenters. The van der Waals surface area contributed by atoms with E-state index in [4.69, 9.17) is 38.1 Å². The zero-order chi connectivity index (χ0) is 30.6. The summed E-state index contributed by atoms with van der Waals surface area (Å²) < 4.78 is 64.1. The fraction of sp³-hybridized carbons (Fsp3) is 0.955.